The fourth-order valence-corrected chi connectivity index (χ4v) is 1.17. The second-order valence-corrected chi connectivity index (χ2v) is 2.62. The van der Waals surface area contributed by atoms with Crippen LogP contribution in [0.3, 0.4) is 0 Å². The van der Waals surface area contributed by atoms with Gasteiger partial charge in [-0.15, -0.1) is 0 Å². The molecule has 1 rings (SSSR count). The molecule has 0 spiro atoms. The summed E-state index contributed by atoms with van der Waals surface area (Å²) < 4.78 is 17.7. The Kier molecular flexibility index (Phi) is 2.63. The van der Waals surface area contributed by atoms with Crippen molar-refractivity contribution in [2.45, 2.75) is 38.1 Å². The van der Waals surface area contributed by atoms with Crippen molar-refractivity contribution >= 4 is 0 Å². The number of halogens is 1. The summed E-state index contributed by atoms with van der Waals surface area (Å²) >= 11 is 0. The van der Waals surface area contributed by atoms with Crippen LogP contribution in [0.25, 0.3) is 0 Å². The van der Waals surface area contributed by atoms with Crippen molar-refractivity contribution in [3.8, 4) is 0 Å². The molecule has 0 aliphatic carbocycles. The van der Waals surface area contributed by atoms with Gasteiger partial charge in [0, 0.05) is 6.42 Å². The van der Waals surface area contributed by atoms with Gasteiger partial charge in [-0.05, 0) is 6.42 Å². The van der Waals surface area contributed by atoms with Crippen LogP contribution in [0.5, 0.6) is 0 Å². The van der Waals surface area contributed by atoms with E-state index in [1.54, 1.807) is 0 Å². The number of rotatable bonds is 2. The van der Waals surface area contributed by atoms with E-state index in [1.807, 2.05) is 6.92 Å². The second-order valence-electron chi connectivity index (χ2n) is 2.62. The van der Waals surface area contributed by atoms with Crippen LogP contribution in [0.1, 0.15) is 19.8 Å². The van der Waals surface area contributed by atoms with Gasteiger partial charge < -0.3 is 9.84 Å². The zero-order valence-electron chi connectivity index (χ0n) is 6.09. The molecule has 0 radical (unpaired) electrons. The third-order valence-electron chi connectivity index (χ3n) is 1.86. The molecule has 0 saturated carbocycles. The first-order valence-electron chi connectivity index (χ1n) is 3.69. The number of aliphatic hydroxyl groups excluding tert-OH is 1. The van der Waals surface area contributed by atoms with Gasteiger partial charge in [-0.25, -0.2) is 4.39 Å². The summed E-state index contributed by atoms with van der Waals surface area (Å²) in [5.74, 6) is 0. The molecule has 60 valence electrons. The Hall–Kier alpha value is -0.150. The lowest BCUT2D eigenvalue weighted by atomic mass is 10.1. The Morgan fingerprint density at radius 2 is 2.50 bits per heavy atom. The van der Waals surface area contributed by atoms with Crippen LogP contribution < -0.4 is 0 Å². The number of hydrogen-bond acceptors (Lipinski definition) is 2. The highest BCUT2D eigenvalue weighted by molar-refractivity contribution is 4.81. The number of aliphatic hydroxyl groups is 1. The van der Waals surface area contributed by atoms with Crippen LogP contribution in [-0.4, -0.2) is 30.1 Å². The van der Waals surface area contributed by atoms with Crippen molar-refractivity contribution in [1.82, 2.24) is 0 Å². The average molecular weight is 148 g/mol. The number of alkyl halides is 1. The van der Waals surface area contributed by atoms with Gasteiger partial charge in [0.2, 0.25) is 0 Å². The number of ether oxygens (including phenoxy) is 1. The van der Waals surface area contributed by atoms with E-state index in [0.717, 1.165) is 0 Å². The van der Waals surface area contributed by atoms with E-state index < -0.39 is 18.4 Å². The average Bonchev–Trinajstić information content (AvgIpc) is 2.34. The summed E-state index contributed by atoms with van der Waals surface area (Å²) in [5.41, 5.74) is 0. The molecule has 2 nitrogen and oxygen atoms in total. The lowest BCUT2D eigenvalue weighted by Gasteiger charge is -2.17. The topological polar surface area (TPSA) is 29.5 Å². The van der Waals surface area contributed by atoms with Crippen LogP contribution in [0.4, 0.5) is 4.39 Å². The molecule has 0 aromatic rings. The van der Waals surface area contributed by atoms with Gasteiger partial charge in [-0.2, -0.15) is 0 Å². The molecule has 3 heteroatoms. The monoisotopic (exact) mass is 148 g/mol. The van der Waals surface area contributed by atoms with E-state index >= 15 is 0 Å². The lowest BCUT2D eigenvalue weighted by Crippen LogP contribution is -2.31. The summed E-state index contributed by atoms with van der Waals surface area (Å²) in [7, 11) is 0. The van der Waals surface area contributed by atoms with Gasteiger partial charge in [0.05, 0.1) is 12.7 Å². The van der Waals surface area contributed by atoms with Crippen molar-refractivity contribution in [1.29, 1.82) is 0 Å². The molecular formula is C7H13FO2. The minimum Gasteiger partial charge on any atom is -0.390 e. The molecule has 10 heavy (non-hydrogen) atoms. The normalized spacial score (nSPS) is 36.3. The predicted octanol–water partition coefficient (Wildman–Crippen LogP) is 0.884. The highest BCUT2D eigenvalue weighted by Crippen LogP contribution is 2.20. The fourth-order valence-electron chi connectivity index (χ4n) is 1.17. The van der Waals surface area contributed by atoms with Gasteiger partial charge in [-0.3, -0.25) is 0 Å². The van der Waals surface area contributed by atoms with Crippen LogP contribution in [-0.2, 0) is 4.74 Å². The molecule has 1 aliphatic heterocycles. The highest BCUT2D eigenvalue weighted by atomic mass is 19.1. The lowest BCUT2D eigenvalue weighted by molar-refractivity contribution is -0.0268. The Bertz CT molecular complexity index is 108. The second kappa shape index (κ2) is 3.30. The third kappa shape index (κ3) is 1.47. The van der Waals surface area contributed by atoms with Crippen molar-refractivity contribution in [3.63, 3.8) is 0 Å². The molecule has 1 saturated heterocycles. The van der Waals surface area contributed by atoms with Gasteiger partial charge in [-0.1, -0.05) is 6.92 Å². The number of hydrogen-bond donors (Lipinski definition) is 1. The van der Waals surface area contributed by atoms with Crippen molar-refractivity contribution in [2.24, 2.45) is 0 Å². The Morgan fingerprint density at radius 3 is 2.90 bits per heavy atom. The van der Waals surface area contributed by atoms with Crippen molar-refractivity contribution in [2.75, 3.05) is 6.61 Å². The minimum absolute atomic E-state index is 0.432. The van der Waals surface area contributed by atoms with E-state index in [4.69, 9.17) is 9.84 Å². The largest absolute Gasteiger partial charge is 0.390 e. The molecule has 0 bridgehead atoms. The van der Waals surface area contributed by atoms with E-state index in [0.29, 0.717) is 19.4 Å². The first-order chi connectivity index (χ1) is 4.75. The molecule has 3 atom stereocenters. The van der Waals surface area contributed by atoms with Gasteiger partial charge in [0.1, 0.15) is 12.3 Å². The van der Waals surface area contributed by atoms with Crippen LogP contribution in [0.2, 0.25) is 0 Å². The molecule has 0 aromatic heterocycles. The van der Waals surface area contributed by atoms with Crippen LogP contribution >= 0.6 is 0 Å². The minimum atomic E-state index is -0.963. The molecule has 1 fully saturated rings. The zero-order valence-corrected chi connectivity index (χ0v) is 6.09. The Labute approximate surface area is 60.0 Å². The SMILES string of the molecule is CCC(O)C1OCCC1F. The quantitative estimate of drug-likeness (QED) is 0.630. The van der Waals surface area contributed by atoms with E-state index in [1.165, 1.54) is 0 Å². The highest BCUT2D eigenvalue weighted by Gasteiger charge is 2.32. The molecule has 3 unspecified atom stereocenters. The van der Waals surface area contributed by atoms with Crippen LogP contribution in [0, 0.1) is 0 Å². The Morgan fingerprint density at radius 1 is 1.80 bits per heavy atom. The van der Waals surface area contributed by atoms with E-state index in [-0.39, 0.29) is 0 Å². The maximum absolute atomic E-state index is 12.7. The predicted molar refractivity (Wildman–Crippen MR) is 35.6 cm³/mol. The maximum atomic E-state index is 12.7. The summed E-state index contributed by atoms with van der Waals surface area (Å²) in [6.45, 7) is 2.27. The van der Waals surface area contributed by atoms with Crippen molar-refractivity contribution < 1.29 is 14.2 Å². The molecule has 0 aromatic carbocycles. The smallest absolute Gasteiger partial charge is 0.131 e. The maximum Gasteiger partial charge on any atom is 0.131 e. The van der Waals surface area contributed by atoms with Gasteiger partial charge >= 0.3 is 0 Å². The molecule has 1 N–H and O–H groups in total. The summed E-state index contributed by atoms with van der Waals surface area (Å²) in [6, 6.07) is 0. The zero-order chi connectivity index (χ0) is 7.56. The van der Waals surface area contributed by atoms with E-state index in [9.17, 15) is 4.39 Å². The summed E-state index contributed by atoms with van der Waals surface area (Å²) in [6.07, 6.45) is -1.16. The molecule has 1 aliphatic rings. The Balaban J connectivity index is 2.38. The molecule has 0 amide bonds. The van der Waals surface area contributed by atoms with Gasteiger partial charge in [0.25, 0.3) is 0 Å². The van der Waals surface area contributed by atoms with Crippen molar-refractivity contribution in [3.05, 3.63) is 0 Å². The third-order valence-corrected chi connectivity index (χ3v) is 1.86. The van der Waals surface area contributed by atoms with Crippen LogP contribution in [0.15, 0.2) is 0 Å². The fraction of sp³-hybridized carbons (Fsp3) is 1.00. The first kappa shape index (κ1) is 7.95. The van der Waals surface area contributed by atoms with Gasteiger partial charge in [0.15, 0.2) is 0 Å². The first-order valence-corrected chi connectivity index (χ1v) is 3.69. The van der Waals surface area contributed by atoms with E-state index in [2.05, 4.69) is 0 Å². The molecule has 1 heterocycles. The summed E-state index contributed by atoms with van der Waals surface area (Å²) in [5, 5.41) is 9.16. The molecular weight excluding hydrogens is 135 g/mol. The summed E-state index contributed by atoms with van der Waals surface area (Å²) in [4.78, 5) is 0. The standard InChI is InChI=1S/C7H13FO2/c1-2-6(9)7-5(8)3-4-10-7/h5-7,9H,2-4H2,1H3.